The van der Waals surface area contributed by atoms with E-state index in [1.165, 1.54) is 16.7 Å². The van der Waals surface area contributed by atoms with E-state index in [1.807, 2.05) is 6.92 Å². The molecule has 1 aromatic rings. The zero-order chi connectivity index (χ0) is 21.1. The number of carboxylic acids is 1. The van der Waals surface area contributed by atoms with E-state index >= 15 is 0 Å². The normalized spacial score (nSPS) is 31.2. The number of aliphatic imine (C=N–C) groups is 1. The van der Waals surface area contributed by atoms with Gasteiger partial charge in [-0.2, -0.15) is 0 Å². The van der Waals surface area contributed by atoms with Crippen LogP contribution in [-0.2, 0) is 4.79 Å². The number of aliphatic carboxylic acids is 1. The Morgan fingerprint density at radius 2 is 2.07 bits per heavy atom. The lowest BCUT2D eigenvalue weighted by Gasteiger charge is -2.33. The van der Waals surface area contributed by atoms with Gasteiger partial charge in [0, 0.05) is 29.7 Å². The summed E-state index contributed by atoms with van der Waals surface area (Å²) in [6.07, 6.45) is 4.41. The maximum absolute atomic E-state index is 11.9. The molecule has 0 aromatic heterocycles. The number of carboxylic acid groups (broad SMARTS) is 1. The summed E-state index contributed by atoms with van der Waals surface area (Å²) < 4.78 is 0. The van der Waals surface area contributed by atoms with Gasteiger partial charge in [-0.3, -0.25) is 14.8 Å². The second-order valence-electron chi connectivity index (χ2n) is 10.1. The molecular formula is C24H33N3O2. The number of allylic oxidation sites excluding steroid dienone is 1. The number of aryl methyl sites for hydroxylation is 2. The molecule has 29 heavy (non-hydrogen) atoms. The van der Waals surface area contributed by atoms with E-state index < -0.39 is 11.4 Å². The van der Waals surface area contributed by atoms with E-state index in [0.717, 1.165) is 17.8 Å². The van der Waals surface area contributed by atoms with Gasteiger partial charge < -0.3 is 5.11 Å². The molecule has 156 valence electrons. The van der Waals surface area contributed by atoms with E-state index in [0.29, 0.717) is 18.9 Å². The number of carbonyl (C=O) groups is 1. The predicted octanol–water partition coefficient (Wildman–Crippen LogP) is 4.55. The number of fused-ring (bicyclic) bond motifs is 1. The minimum Gasteiger partial charge on any atom is -0.481 e. The van der Waals surface area contributed by atoms with Crippen molar-refractivity contribution in [3.63, 3.8) is 0 Å². The Morgan fingerprint density at radius 1 is 1.34 bits per heavy atom. The second-order valence-corrected chi connectivity index (χ2v) is 10.1. The van der Waals surface area contributed by atoms with Crippen molar-refractivity contribution in [1.29, 1.82) is 0 Å². The van der Waals surface area contributed by atoms with Crippen molar-refractivity contribution < 1.29 is 9.90 Å². The van der Waals surface area contributed by atoms with E-state index in [1.54, 1.807) is 0 Å². The lowest BCUT2D eigenvalue weighted by Crippen LogP contribution is -2.43. The molecule has 1 aliphatic carbocycles. The maximum Gasteiger partial charge on any atom is 0.310 e. The number of hydrazine groups is 1. The van der Waals surface area contributed by atoms with Gasteiger partial charge in [-0.25, -0.2) is 5.43 Å². The van der Waals surface area contributed by atoms with Crippen LogP contribution >= 0.6 is 0 Å². The molecule has 2 heterocycles. The summed E-state index contributed by atoms with van der Waals surface area (Å²) in [7, 11) is 0. The molecule has 1 saturated heterocycles. The van der Waals surface area contributed by atoms with Gasteiger partial charge in [-0.1, -0.05) is 51.5 Å². The molecule has 1 aromatic carbocycles. The van der Waals surface area contributed by atoms with Gasteiger partial charge in [0.05, 0.1) is 11.1 Å². The highest BCUT2D eigenvalue weighted by Crippen LogP contribution is 2.57. The minimum absolute atomic E-state index is 0.0129. The van der Waals surface area contributed by atoms with Crippen molar-refractivity contribution in [2.24, 2.45) is 21.7 Å². The smallest absolute Gasteiger partial charge is 0.310 e. The molecule has 4 rings (SSSR count). The van der Waals surface area contributed by atoms with Crippen LogP contribution < -0.4 is 5.43 Å². The maximum atomic E-state index is 11.9. The van der Waals surface area contributed by atoms with Gasteiger partial charge >= 0.3 is 5.97 Å². The van der Waals surface area contributed by atoms with Crippen LogP contribution in [0.2, 0.25) is 0 Å². The molecule has 0 bridgehead atoms. The van der Waals surface area contributed by atoms with Crippen molar-refractivity contribution >= 4 is 17.4 Å². The molecule has 2 aliphatic heterocycles. The number of hydrogen-bond donors (Lipinski definition) is 2. The van der Waals surface area contributed by atoms with Gasteiger partial charge in [0.25, 0.3) is 0 Å². The Hall–Kier alpha value is -2.14. The molecule has 4 atom stereocenters. The monoisotopic (exact) mass is 395 g/mol. The SMILES string of the molecule is CCC1(C(=O)O)CC1C1=NC2CC(C(C)(C)C)NN2C(c2ccc(C)cc2C)=C1. The third kappa shape index (κ3) is 3.29. The van der Waals surface area contributed by atoms with Crippen molar-refractivity contribution in [1.82, 2.24) is 10.4 Å². The molecule has 3 aliphatic rings. The third-order valence-electron chi connectivity index (χ3n) is 7.07. The molecule has 0 radical (unpaired) electrons. The van der Waals surface area contributed by atoms with Gasteiger partial charge in [0.2, 0.25) is 0 Å². The molecule has 5 nitrogen and oxygen atoms in total. The van der Waals surface area contributed by atoms with Crippen LogP contribution in [0.3, 0.4) is 0 Å². The highest BCUT2D eigenvalue weighted by molar-refractivity contribution is 6.08. The average molecular weight is 396 g/mol. The van der Waals surface area contributed by atoms with E-state index in [2.05, 4.69) is 69.3 Å². The fourth-order valence-electron chi connectivity index (χ4n) is 4.90. The van der Waals surface area contributed by atoms with Crippen LogP contribution in [0.25, 0.3) is 5.70 Å². The van der Waals surface area contributed by atoms with Crippen LogP contribution in [-0.4, -0.2) is 34.0 Å². The van der Waals surface area contributed by atoms with Crippen LogP contribution in [0.5, 0.6) is 0 Å². The first-order chi connectivity index (χ1) is 13.6. The Bertz CT molecular complexity index is 911. The largest absolute Gasteiger partial charge is 0.481 e. The van der Waals surface area contributed by atoms with Crippen LogP contribution in [0.15, 0.2) is 29.3 Å². The third-order valence-corrected chi connectivity index (χ3v) is 7.07. The number of hydrogen-bond acceptors (Lipinski definition) is 4. The summed E-state index contributed by atoms with van der Waals surface area (Å²) in [5.41, 5.74) is 8.92. The molecule has 2 N–H and O–H groups in total. The number of rotatable bonds is 4. The summed E-state index contributed by atoms with van der Waals surface area (Å²) in [6.45, 7) is 13.0. The topological polar surface area (TPSA) is 64.9 Å². The number of benzene rings is 1. The highest BCUT2D eigenvalue weighted by Gasteiger charge is 2.61. The molecule has 0 amide bonds. The van der Waals surface area contributed by atoms with Crippen molar-refractivity contribution in [3.05, 3.63) is 41.0 Å². The Labute approximate surface area is 173 Å². The predicted molar refractivity (Wildman–Crippen MR) is 116 cm³/mol. The molecule has 4 unspecified atom stereocenters. The average Bonchev–Trinajstić information content (AvgIpc) is 3.23. The number of nitrogens with zero attached hydrogens (tertiary/aromatic N) is 2. The first kappa shape index (κ1) is 20.1. The van der Waals surface area contributed by atoms with Gasteiger partial charge in [-0.05, 0) is 43.7 Å². The zero-order valence-corrected chi connectivity index (χ0v) is 18.4. The fourth-order valence-corrected chi connectivity index (χ4v) is 4.90. The summed E-state index contributed by atoms with van der Waals surface area (Å²) in [6, 6.07) is 6.85. The summed E-state index contributed by atoms with van der Waals surface area (Å²) in [5, 5.41) is 12.0. The van der Waals surface area contributed by atoms with E-state index in [4.69, 9.17) is 4.99 Å². The van der Waals surface area contributed by atoms with Gasteiger partial charge in [0.15, 0.2) is 0 Å². The van der Waals surface area contributed by atoms with Crippen molar-refractivity contribution in [3.8, 4) is 0 Å². The van der Waals surface area contributed by atoms with Crippen molar-refractivity contribution in [2.45, 2.75) is 73.0 Å². The first-order valence-electron chi connectivity index (χ1n) is 10.7. The lowest BCUT2D eigenvalue weighted by molar-refractivity contribution is -0.143. The highest BCUT2D eigenvalue weighted by atomic mass is 16.4. The quantitative estimate of drug-likeness (QED) is 0.785. The zero-order valence-electron chi connectivity index (χ0n) is 18.4. The van der Waals surface area contributed by atoms with E-state index in [-0.39, 0.29) is 17.5 Å². The minimum atomic E-state index is -0.686. The summed E-state index contributed by atoms with van der Waals surface area (Å²) in [4.78, 5) is 17.0. The standard InChI is InChI=1S/C24H33N3O2/c1-7-24(22(28)29)13-17(24)18-11-19(16-9-8-14(2)10-15(16)3)27-21(25-18)12-20(26-27)23(4,5)6/h8-11,17,20-21,26H,7,12-13H2,1-6H3,(H,28,29). The van der Waals surface area contributed by atoms with Crippen LogP contribution in [0.1, 0.15) is 63.6 Å². The van der Waals surface area contributed by atoms with Gasteiger partial charge in [0.1, 0.15) is 6.17 Å². The fraction of sp³-hybridized carbons (Fsp3) is 0.583. The molecular weight excluding hydrogens is 362 g/mol. The molecule has 2 fully saturated rings. The first-order valence-corrected chi connectivity index (χ1v) is 10.7. The molecule has 1 saturated carbocycles. The second kappa shape index (κ2) is 6.69. The Kier molecular flexibility index (Phi) is 4.65. The molecule has 0 spiro atoms. The van der Waals surface area contributed by atoms with Crippen LogP contribution in [0.4, 0.5) is 0 Å². The van der Waals surface area contributed by atoms with Crippen LogP contribution in [0, 0.1) is 30.6 Å². The Balaban J connectivity index is 1.76. The Morgan fingerprint density at radius 3 is 2.62 bits per heavy atom. The molecule has 5 heteroatoms. The number of nitrogens with one attached hydrogen (secondary N) is 1. The van der Waals surface area contributed by atoms with Gasteiger partial charge in [-0.15, -0.1) is 0 Å². The van der Waals surface area contributed by atoms with E-state index in [9.17, 15) is 9.90 Å². The summed E-state index contributed by atoms with van der Waals surface area (Å²) in [5.74, 6) is -0.671. The lowest BCUT2D eigenvalue weighted by atomic mass is 9.85. The van der Waals surface area contributed by atoms with Crippen molar-refractivity contribution in [2.75, 3.05) is 0 Å². The summed E-state index contributed by atoms with van der Waals surface area (Å²) >= 11 is 0.